The van der Waals surface area contributed by atoms with Crippen LogP contribution in [0.3, 0.4) is 0 Å². The number of nitrogens with zero attached hydrogens (tertiary/aromatic N) is 1. The van der Waals surface area contributed by atoms with E-state index in [1.165, 1.54) is 25.3 Å². The van der Waals surface area contributed by atoms with Gasteiger partial charge in [0.05, 0.1) is 17.7 Å². The molecule has 1 amide bonds. The molecule has 28 heavy (non-hydrogen) atoms. The van der Waals surface area contributed by atoms with E-state index in [9.17, 15) is 13.2 Å². The van der Waals surface area contributed by atoms with Crippen LogP contribution in [0.1, 0.15) is 21.5 Å². The second-order valence-corrected chi connectivity index (χ2v) is 8.20. The molecule has 3 aromatic rings. The average Bonchev–Trinajstić information content (AvgIpc) is 2.71. The second-order valence-electron chi connectivity index (χ2n) is 6.41. The van der Waals surface area contributed by atoms with Crippen LogP contribution in [0.5, 0.6) is 5.75 Å². The smallest absolute Gasteiger partial charge is 0.272 e. The molecule has 0 atom stereocenters. The van der Waals surface area contributed by atoms with Gasteiger partial charge < -0.3 is 4.74 Å². The van der Waals surface area contributed by atoms with Crippen molar-refractivity contribution in [3.63, 3.8) is 0 Å². The third-order valence-corrected chi connectivity index (χ3v) is 6.08. The predicted octanol–water partition coefficient (Wildman–Crippen LogP) is 4.35. The van der Waals surface area contributed by atoms with Crippen LogP contribution in [0.4, 0.5) is 5.69 Å². The van der Waals surface area contributed by atoms with Crippen molar-refractivity contribution in [1.29, 1.82) is 0 Å². The number of methoxy groups -OCH3 is 1. The highest BCUT2D eigenvalue weighted by Crippen LogP contribution is 2.30. The molecule has 0 aliphatic heterocycles. The standard InChI is InChI=1S/C22H21NO4S/c1-16-12-13-17(2)21(14-16)23(28(25,26)20-10-5-4-6-11-20)22(24)18-8-7-9-19(15-18)27-3/h4-15H,1-3H3. The Hall–Kier alpha value is -3.12. The van der Waals surface area contributed by atoms with Gasteiger partial charge in [0.15, 0.2) is 0 Å². The number of rotatable bonds is 5. The fourth-order valence-corrected chi connectivity index (χ4v) is 4.35. The molecule has 3 rings (SSSR count). The maximum absolute atomic E-state index is 13.4. The molecule has 5 nitrogen and oxygen atoms in total. The SMILES string of the molecule is COc1cccc(C(=O)N(c2cc(C)ccc2C)S(=O)(=O)c2ccccc2)c1. The molecule has 0 bridgehead atoms. The largest absolute Gasteiger partial charge is 0.497 e. The van der Waals surface area contributed by atoms with Crippen LogP contribution < -0.4 is 9.04 Å². The number of hydrogen-bond acceptors (Lipinski definition) is 4. The van der Waals surface area contributed by atoms with Gasteiger partial charge in [0, 0.05) is 5.56 Å². The van der Waals surface area contributed by atoms with Gasteiger partial charge >= 0.3 is 0 Å². The number of ether oxygens (including phenoxy) is 1. The highest BCUT2D eigenvalue weighted by atomic mass is 32.2. The average molecular weight is 395 g/mol. The van der Waals surface area contributed by atoms with E-state index in [1.807, 2.05) is 13.0 Å². The molecular formula is C22H21NO4S. The minimum atomic E-state index is -4.12. The van der Waals surface area contributed by atoms with Crippen molar-refractivity contribution in [2.45, 2.75) is 18.7 Å². The molecule has 0 aromatic heterocycles. The Balaban J connectivity index is 2.23. The summed E-state index contributed by atoms with van der Waals surface area (Å²) in [4.78, 5) is 13.4. The van der Waals surface area contributed by atoms with Crippen molar-refractivity contribution < 1.29 is 17.9 Å². The van der Waals surface area contributed by atoms with Crippen molar-refractivity contribution in [2.24, 2.45) is 0 Å². The molecule has 0 radical (unpaired) electrons. The predicted molar refractivity (Wildman–Crippen MR) is 109 cm³/mol. The van der Waals surface area contributed by atoms with Crippen LogP contribution in [0.2, 0.25) is 0 Å². The van der Waals surface area contributed by atoms with Gasteiger partial charge in [0.1, 0.15) is 5.75 Å². The van der Waals surface area contributed by atoms with Crippen molar-refractivity contribution in [3.05, 3.63) is 89.5 Å². The number of sulfonamides is 1. The molecule has 0 aliphatic carbocycles. The maximum Gasteiger partial charge on any atom is 0.272 e. The monoisotopic (exact) mass is 395 g/mol. The van der Waals surface area contributed by atoms with Crippen LogP contribution >= 0.6 is 0 Å². The molecule has 6 heteroatoms. The lowest BCUT2D eigenvalue weighted by atomic mass is 10.1. The van der Waals surface area contributed by atoms with Crippen molar-refractivity contribution >= 4 is 21.6 Å². The van der Waals surface area contributed by atoms with Gasteiger partial charge in [0.25, 0.3) is 15.9 Å². The Kier molecular flexibility index (Phi) is 5.51. The number of aryl methyl sites for hydroxylation is 2. The van der Waals surface area contributed by atoms with Gasteiger partial charge in [-0.1, -0.05) is 36.4 Å². The quantitative estimate of drug-likeness (QED) is 0.644. The molecule has 0 N–H and O–H groups in total. The van der Waals surface area contributed by atoms with Crippen LogP contribution in [0, 0.1) is 13.8 Å². The van der Waals surface area contributed by atoms with E-state index in [0.29, 0.717) is 17.0 Å². The molecule has 144 valence electrons. The summed E-state index contributed by atoms with van der Waals surface area (Å²) in [7, 11) is -2.62. The number of hydrogen-bond donors (Lipinski definition) is 0. The Morgan fingerprint density at radius 1 is 0.893 bits per heavy atom. The summed E-state index contributed by atoms with van der Waals surface area (Å²) in [6.45, 7) is 3.63. The van der Waals surface area contributed by atoms with Crippen LogP contribution in [0.15, 0.2) is 77.7 Å². The van der Waals surface area contributed by atoms with E-state index in [1.54, 1.807) is 55.5 Å². The van der Waals surface area contributed by atoms with Crippen LogP contribution in [-0.4, -0.2) is 21.4 Å². The van der Waals surface area contributed by atoms with Crippen molar-refractivity contribution in [2.75, 3.05) is 11.4 Å². The molecule has 0 saturated carbocycles. The lowest BCUT2D eigenvalue weighted by Crippen LogP contribution is -2.37. The molecule has 0 saturated heterocycles. The summed E-state index contributed by atoms with van der Waals surface area (Å²) in [5.41, 5.74) is 2.09. The fraction of sp³-hybridized carbons (Fsp3) is 0.136. The zero-order valence-electron chi connectivity index (χ0n) is 15.9. The highest BCUT2D eigenvalue weighted by Gasteiger charge is 2.33. The fourth-order valence-electron chi connectivity index (χ4n) is 2.86. The van der Waals surface area contributed by atoms with Gasteiger partial charge in [-0.05, 0) is 61.4 Å². The summed E-state index contributed by atoms with van der Waals surface area (Å²) < 4.78 is 32.9. The van der Waals surface area contributed by atoms with E-state index in [2.05, 4.69) is 0 Å². The number of carbonyl (C=O) groups is 1. The number of benzene rings is 3. The Bertz CT molecular complexity index is 1110. The van der Waals surface area contributed by atoms with Gasteiger partial charge in [-0.3, -0.25) is 4.79 Å². The first-order chi connectivity index (χ1) is 13.3. The molecular weight excluding hydrogens is 374 g/mol. The lowest BCUT2D eigenvalue weighted by molar-refractivity contribution is 0.100. The molecule has 0 spiro atoms. The van der Waals surface area contributed by atoms with Gasteiger partial charge in [-0.15, -0.1) is 0 Å². The molecule has 3 aromatic carbocycles. The minimum absolute atomic E-state index is 0.0483. The second kappa shape index (κ2) is 7.86. The summed E-state index contributed by atoms with van der Waals surface area (Å²) in [6.07, 6.45) is 0. The van der Waals surface area contributed by atoms with E-state index >= 15 is 0 Å². The molecule has 0 aliphatic rings. The first-order valence-electron chi connectivity index (χ1n) is 8.70. The minimum Gasteiger partial charge on any atom is -0.497 e. The summed E-state index contributed by atoms with van der Waals surface area (Å²) in [5, 5.41) is 0. The molecule has 0 heterocycles. The highest BCUT2D eigenvalue weighted by molar-refractivity contribution is 7.93. The first kappa shape index (κ1) is 19.6. The zero-order valence-corrected chi connectivity index (χ0v) is 16.7. The molecule has 0 fully saturated rings. The van der Waals surface area contributed by atoms with Crippen molar-refractivity contribution in [1.82, 2.24) is 0 Å². The van der Waals surface area contributed by atoms with Crippen LogP contribution in [-0.2, 0) is 10.0 Å². The zero-order chi connectivity index (χ0) is 20.3. The van der Waals surface area contributed by atoms with E-state index in [0.717, 1.165) is 9.87 Å². The third kappa shape index (κ3) is 3.77. The topological polar surface area (TPSA) is 63.7 Å². The summed E-state index contributed by atoms with van der Waals surface area (Å²) in [6, 6.07) is 19.8. The number of carbonyl (C=O) groups excluding carboxylic acids is 1. The summed E-state index contributed by atoms with van der Waals surface area (Å²) >= 11 is 0. The number of anilines is 1. The van der Waals surface area contributed by atoms with Crippen molar-refractivity contribution in [3.8, 4) is 5.75 Å². The maximum atomic E-state index is 13.4. The first-order valence-corrected chi connectivity index (χ1v) is 10.1. The Morgan fingerprint density at radius 3 is 2.29 bits per heavy atom. The van der Waals surface area contributed by atoms with Gasteiger partial charge in [0.2, 0.25) is 0 Å². The Morgan fingerprint density at radius 2 is 1.61 bits per heavy atom. The summed E-state index contributed by atoms with van der Waals surface area (Å²) in [5.74, 6) is -0.166. The van der Waals surface area contributed by atoms with E-state index in [-0.39, 0.29) is 10.5 Å². The van der Waals surface area contributed by atoms with E-state index in [4.69, 9.17) is 4.74 Å². The third-order valence-electron chi connectivity index (χ3n) is 4.37. The molecule has 0 unspecified atom stereocenters. The van der Waals surface area contributed by atoms with Gasteiger partial charge in [-0.25, -0.2) is 8.42 Å². The lowest BCUT2D eigenvalue weighted by Gasteiger charge is -2.25. The Labute approximate surface area is 165 Å². The van der Waals surface area contributed by atoms with E-state index < -0.39 is 15.9 Å². The van der Waals surface area contributed by atoms with Crippen LogP contribution in [0.25, 0.3) is 0 Å². The number of amides is 1. The normalized spacial score (nSPS) is 11.1. The van der Waals surface area contributed by atoms with Gasteiger partial charge in [-0.2, -0.15) is 4.31 Å².